The lowest BCUT2D eigenvalue weighted by Gasteiger charge is -2.26. The Morgan fingerprint density at radius 3 is 2.42 bits per heavy atom. The SMILES string of the molecule is COc1ccc(S(=O)(=O)N2CCCCC2)cc1NC(=O)c1cccc2c(=O)c(C)c(-c3ccccc3)oc12. The van der Waals surface area contributed by atoms with Gasteiger partial charge in [-0.25, -0.2) is 8.42 Å². The number of carbonyl (C=O) groups excluding carboxylic acids is 1. The molecule has 0 atom stereocenters. The molecule has 8 nitrogen and oxygen atoms in total. The van der Waals surface area contributed by atoms with E-state index < -0.39 is 15.9 Å². The van der Waals surface area contributed by atoms with Crippen LogP contribution >= 0.6 is 0 Å². The molecule has 1 aliphatic heterocycles. The molecule has 0 aliphatic carbocycles. The summed E-state index contributed by atoms with van der Waals surface area (Å²) in [5.41, 5.74) is 1.42. The third kappa shape index (κ3) is 4.70. The van der Waals surface area contributed by atoms with Gasteiger partial charge in [-0.15, -0.1) is 0 Å². The van der Waals surface area contributed by atoms with Crippen LogP contribution in [0.1, 0.15) is 35.2 Å². The monoisotopic (exact) mass is 532 g/mol. The Morgan fingerprint density at radius 2 is 1.71 bits per heavy atom. The van der Waals surface area contributed by atoms with Crippen LogP contribution in [0.4, 0.5) is 5.69 Å². The zero-order chi connectivity index (χ0) is 26.9. The number of hydrogen-bond donors (Lipinski definition) is 1. The van der Waals surface area contributed by atoms with Gasteiger partial charge >= 0.3 is 0 Å². The molecule has 0 unspecified atom stereocenters. The van der Waals surface area contributed by atoms with Gasteiger partial charge in [0.25, 0.3) is 5.91 Å². The number of amides is 1. The van der Waals surface area contributed by atoms with E-state index in [4.69, 9.17) is 9.15 Å². The molecule has 5 rings (SSSR count). The summed E-state index contributed by atoms with van der Waals surface area (Å²) in [7, 11) is -2.28. The van der Waals surface area contributed by atoms with Crippen molar-refractivity contribution in [2.75, 3.05) is 25.5 Å². The summed E-state index contributed by atoms with van der Waals surface area (Å²) >= 11 is 0. The van der Waals surface area contributed by atoms with E-state index in [1.807, 2.05) is 30.3 Å². The summed E-state index contributed by atoms with van der Waals surface area (Å²) in [6.45, 7) is 2.63. The first kappa shape index (κ1) is 25.7. The highest BCUT2D eigenvalue weighted by Crippen LogP contribution is 2.32. The molecule has 1 fully saturated rings. The molecule has 3 aromatic carbocycles. The lowest BCUT2D eigenvalue weighted by Crippen LogP contribution is -2.35. The fourth-order valence-electron chi connectivity index (χ4n) is 4.74. The molecule has 38 heavy (non-hydrogen) atoms. The molecule has 0 bridgehead atoms. The van der Waals surface area contributed by atoms with E-state index in [9.17, 15) is 18.0 Å². The molecule has 0 saturated carbocycles. The Kier molecular flexibility index (Phi) is 7.05. The van der Waals surface area contributed by atoms with Crippen molar-refractivity contribution in [2.24, 2.45) is 0 Å². The molecular formula is C29H28N2O6S. The van der Waals surface area contributed by atoms with Crippen molar-refractivity contribution >= 4 is 32.6 Å². The number of benzene rings is 3. The quantitative estimate of drug-likeness (QED) is 0.366. The van der Waals surface area contributed by atoms with Crippen molar-refractivity contribution in [3.05, 3.63) is 88.1 Å². The van der Waals surface area contributed by atoms with Crippen LogP contribution in [0.15, 0.2) is 80.8 Å². The average molecular weight is 533 g/mol. The maximum atomic E-state index is 13.5. The number of ether oxygens (including phenoxy) is 1. The molecule has 0 spiro atoms. The minimum atomic E-state index is -3.72. The van der Waals surface area contributed by atoms with E-state index in [1.54, 1.807) is 25.1 Å². The largest absolute Gasteiger partial charge is 0.495 e. The van der Waals surface area contributed by atoms with E-state index in [1.165, 1.54) is 29.6 Å². The van der Waals surface area contributed by atoms with Crippen molar-refractivity contribution in [3.8, 4) is 17.1 Å². The first-order valence-corrected chi connectivity index (χ1v) is 13.9. The first-order valence-electron chi connectivity index (χ1n) is 12.4. The van der Waals surface area contributed by atoms with Crippen LogP contribution in [0.2, 0.25) is 0 Å². The Balaban J connectivity index is 1.55. The normalized spacial score (nSPS) is 14.4. The zero-order valence-electron chi connectivity index (χ0n) is 21.2. The Bertz CT molecular complexity index is 1670. The number of anilines is 1. The standard InChI is InChI=1S/C29H28N2O6S/c1-19-26(32)22-12-9-13-23(28(22)37-27(19)20-10-5-3-6-11-20)29(33)30-24-18-21(14-15-25(24)36-2)38(34,35)31-16-7-4-8-17-31/h3,5-6,9-15,18H,4,7-8,16-17H2,1-2H3,(H,30,33). The highest BCUT2D eigenvalue weighted by atomic mass is 32.2. The number of nitrogens with zero attached hydrogens (tertiary/aromatic N) is 1. The Labute approximate surface area is 220 Å². The van der Waals surface area contributed by atoms with Gasteiger partial charge in [-0.05, 0) is 50.1 Å². The predicted octanol–water partition coefficient (Wildman–Crippen LogP) is 5.20. The number of nitrogens with one attached hydrogen (secondary N) is 1. The van der Waals surface area contributed by atoms with Gasteiger partial charge in [-0.3, -0.25) is 9.59 Å². The van der Waals surface area contributed by atoms with E-state index in [0.717, 1.165) is 24.8 Å². The van der Waals surface area contributed by atoms with Gasteiger partial charge in [-0.2, -0.15) is 4.31 Å². The minimum Gasteiger partial charge on any atom is -0.495 e. The fraction of sp³-hybridized carbons (Fsp3) is 0.241. The summed E-state index contributed by atoms with van der Waals surface area (Å²) in [4.78, 5) is 26.8. The van der Waals surface area contributed by atoms with Crippen LogP contribution in [-0.4, -0.2) is 38.8 Å². The fourth-order valence-corrected chi connectivity index (χ4v) is 6.29. The second-order valence-corrected chi connectivity index (χ2v) is 11.2. The zero-order valence-corrected chi connectivity index (χ0v) is 22.0. The van der Waals surface area contributed by atoms with E-state index >= 15 is 0 Å². The molecule has 0 radical (unpaired) electrons. The Hall–Kier alpha value is -3.95. The van der Waals surface area contributed by atoms with Crippen molar-refractivity contribution < 1.29 is 22.4 Å². The van der Waals surface area contributed by atoms with Gasteiger partial charge in [0, 0.05) is 24.2 Å². The van der Waals surface area contributed by atoms with E-state index in [-0.39, 0.29) is 32.5 Å². The molecular weight excluding hydrogens is 504 g/mol. The van der Waals surface area contributed by atoms with Crippen molar-refractivity contribution in [1.82, 2.24) is 4.31 Å². The average Bonchev–Trinajstić information content (AvgIpc) is 2.95. The molecule has 9 heteroatoms. The summed E-state index contributed by atoms with van der Waals surface area (Å²) in [5.74, 6) is 0.126. The summed E-state index contributed by atoms with van der Waals surface area (Å²) < 4.78 is 39.5. The Morgan fingerprint density at radius 1 is 0.974 bits per heavy atom. The van der Waals surface area contributed by atoms with E-state index in [2.05, 4.69) is 5.32 Å². The van der Waals surface area contributed by atoms with Crippen LogP contribution in [-0.2, 0) is 10.0 Å². The van der Waals surface area contributed by atoms with Gasteiger partial charge in [0.05, 0.1) is 28.6 Å². The summed E-state index contributed by atoms with van der Waals surface area (Å²) in [5, 5.41) is 3.05. The molecule has 196 valence electrons. The molecule has 4 aromatic rings. The van der Waals surface area contributed by atoms with Crippen LogP contribution in [0, 0.1) is 6.92 Å². The highest BCUT2D eigenvalue weighted by Gasteiger charge is 2.27. The molecule has 1 aliphatic rings. The third-order valence-electron chi connectivity index (χ3n) is 6.80. The highest BCUT2D eigenvalue weighted by molar-refractivity contribution is 7.89. The van der Waals surface area contributed by atoms with Gasteiger partial charge in [0.15, 0.2) is 11.0 Å². The second-order valence-electron chi connectivity index (χ2n) is 9.21. The summed E-state index contributed by atoms with van der Waals surface area (Å²) in [6, 6.07) is 18.4. The van der Waals surface area contributed by atoms with Crippen LogP contribution in [0.25, 0.3) is 22.3 Å². The topological polar surface area (TPSA) is 106 Å². The maximum absolute atomic E-state index is 13.5. The number of rotatable bonds is 6. The number of carbonyl (C=O) groups is 1. The molecule has 1 saturated heterocycles. The van der Waals surface area contributed by atoms with Crippen LogP contribution in [0.3, 0.4) is 0 Å². The van der Waals surface area contributed by atoms with Crippen LogP contribution < -0.4 is 15.5 Å². The van der Waals surface area contributed by atoms with Gasteiger partial charge in [-0.1, -0.05) is 42.8 Å². The minimum absolute atomic E-state index is 0.0712. The number of piperidine rings is 1. The third-order valence-corrected chi connectivity index (χ3v) is 8.69. The lowest BCUT2D eigenvalue weighted by molar-refractivity contribution is 0.102. The first-order chi connectivity index (χ1) is 18.3. The molecule has 1 amide bonds. The van der Waals surface area contributed by atoms with E-state index in [0.29, 0.717) is 30.2 Å². The van der Waals surface area contributed by atoms with Gasteiger partial charge in [0.1, 0.15) is 11.5 Å². The lowest BCUT2D eigenvalue weighted by atomic mass is 10.0. The maximum Gasteiger partial charge on any atom is 0.259 e. The van der Waals surface area contributed by atoms with Crippen molar-refractivity contribution in [1.29, 1.82) is 0 Å². The van der Waals surface area contributed by atoms with Crippen LogP contribution in [0.5, 0.6) is 5.75 Å². The summed E-state index contributed by atoms with van der Waals surface area (Å²) in [6.07, 6.45) is 2.63. The predicted molar refractivity (Wildman–Crippen MR) is 146 cm³/mol. The van der Waals surface area contributed by atoms with Gasteiger partial charge < -0.3 is 14.5 Å². The van der Waals surface area contributed by atoms with Gasteiger partial charge in [0.2, 0.25) is 10.0 Å². The molecule has 1 N–H and O–H groups in total. The number of hydrogen-bond acceptors (Lipinski definition) is 6. The molecule has 2 heterocycles. The van der Waals surface area contributed by atoms with Crippen molar-refractivity contribution in [2.45, 2.75) is 31.1 Å². The number of methoxy groups -OCH3 is 1. The number of para-hydroxylation sites is 1. The number of sulfonamides is 1. The smallest absolute Gasteiger partial charge is 0.259 e. The second kappa shape index (κ2) is 10.4. The molecule has 1 aromatic heterocycles. The number of fused-ring (bicyclic) bond motifs is 1. The van der Waals surface area contributed by atoms with Crippen molar-refractivity contribution in [3.63, 3.8) is 0 Å².